The molecule has 0 aliphatic heterocycles. The van der Waals surface area contributed by atoms with Crippen molar-refractivity contribution in [2.24, 2.45) is 0 Å². The molecule has 0 bridgehead atoms. The largest absolute Gasteiger partial charge is 0.481 e. The SMILES string of the molecule is CC(CCC(=O)O)Nc1c(C#N)cnc2ccccc12. The number of benzene rings is 1. The van der Waals surface area contributed by atoms with Crippen LogP contribution >= 0.6 is 0 Å². The van der Waals surface area contributed by atoms with Crippen molar-refractivity contribution < 1.29 is 9.90 Å². The number of aliphatic carboxylic acids is 1. The standard InChI is InChI=1S/C15H15N3O2/c1-10(6-7-14(19)20)18-15-11(8-16)9-17-13-5-3-2-4-12(13)15/h2-5,9-10H,6-7H2,1H3,(H,17,18)(H,19,20). The lowest BCUT2D eigenvalue weighted by Gasteiger charge is -2.17. The third kappa shape index (κ3) is 3.04. The molecule has 0 spiro atoms. The maximum Gasteiger partial charge on any atom is 0.303 e. The maximum atomic E-state index is 10.6. The zero-order chi connectivity index (χ0) is 14.5. The summed E-state index contributed by atoms with van der Waals surface area (Å²) in [4.78, 5) is 14.8. The Labute approximate surface area is 116 Å². The lowest BCUT2D eigenvalue weighted by atomic mass is 10.1. The highest BCUT2D eigenvalue weighted by molar-refractivity contribution is 5.93. The molecule has 1 heterocycles. The van der Waals surface area contributed by atoms with Crippen molar-refractivity contribution in [3.63, 3.8) is 0 Å². The van der Waals surface area contributed by atoms with E-state index in [0.717, 1.165) is 16.6 Å². The van der Waals surface area contributed by atoms with Gasteiger partial charge in [0.15, 0.2) is 0 Å². The molecule has 0 aliphatic rings. The number of hydrogen-bond donors (Lipinski definition) is 2. The molecule has 2 N–H and O–H groups in total. The number of carbonyl (C=O) groups is 1. The number of nitriles is 1. The van der Waals surface area contributed by atoms with Crippen LogP contribution in [0.5, 0.6) is 0 Å². The Balaban J connectivity index is 2.32. The summed E-state index contributed by atoms with van der Waals surface area (Å²) in [6, 6.07) is 9.63. The Hall–Kier alpha value is -2.61. The summed E-state index contributed by atoms with van der Waals surface area (Å²) in [5.41, 5.74) is 1.99. The number of aromatic nitrogens is 1. The molecule has 0 fully saturated rings. The van der Waals surface area contributed by atoms with Crippen LogP contribution in [0.4, 0.5) is 5.69 Å². The molecule has 1 atom stereocenters. The van der Waals surface area contributed by atoms with Gasteiger partial charge in [0.25, 0.3) is 0 Å². The van der Waals surface area contributed by atoms with Gasteiger partial charge in [0, 0.05) is 24.0 Å². The molecule has 5 heteroatoms. The molecule has 0 saturated carbocycles. The van der Waals surface area contributed by atoms with Crippen LogP contribution in [0.1, 0.15) is 25.3 Å². The summed E-state index contributed by atoms with van der Waals surface area (Å²) in [6.07, 6.45) is 2.13. The molecule has 0 amide bonds. The minimum absolute atomic E-state index is 0.0380. The molecule has 0 saturated heterocycles. The molecule has 0 radical (unpaired) electrons. The van der Waals surface area contributed by atoms with Gasteiger partial charge in [0.1, 0.15) is 6.07 Å². The van der Waals surface area contributed by atoms with E-state index in [9.17, 15) is 10.1 Å². The van der Waals surface area contributed by atoms with Crippen molar-refractivity contribution in [2.45, 2.75) is 25.8 Å². The van der Waals surface area contributed by atoms with Crippen molar-refractivity contribution in [3.8, 4) is 6.07 Å². The van der Waals surface area contributed by atoms with Crippen molar-refractivity contribution in [1.29, 1.82) is 5.26 Å². The van der Waals surface area contributed by atoms with Crippen LogP contribution in [0.2, 0.25) is 0 Å². The van der Waals surface area contributed by atoms with Gasteiger partial charge in [0.2, 0.25) is 0 Å². The Morgan fingerprint density at radius 2 is 2.25 bits per heavy atom. The van der Waals surface area contributed by atoms with Crippen LogP contribution < -0.4 is 5.32 Å². The number of carboxylic acids is 1. The van der Waals surface area contributed by atoms with Crippen molar-refractivity contribution >= 4 is 22.6 Å². The minimum Gasteiger partial charge on any atom is -0.481 e. The predicted octanol–water partition coefficient (Wildman–Crippen LogP) is 2.77. The topological polar surface area (TPSA) is 86.0 Å². The van der Waals surface area contributed by atoms with Crippen LogP contribution in [-0.2, 0) is 4.79 Å². The highest BCUT2D eigenvalue weighted by Gasteiger charge is 2.12. The van der Waals surface area contributed by atoms with E-state index in [-0.39, 0.29) is 12.5 Å². The second-order valence-electron chi connectivity index (χ2n) is 4.65. The van der Waals surface area contributed by atoms with Crippen molar-refractivity contribution in [1.82, 2.24) is 4.98 Å². The fraction of sp³-hybridized carbons (Fsp3) is 0.267. The van der Waals surface area contributed by atoms with Gasteiger partial charge in [-0.25, -0.2) is 0 Å². The van der Waals surface area contributed by atoms with Gasteiger partial charge in [-0.3, -0.25) is 9.78 Å². The van der Waals surface area contributed by atoms with Crippen LogP contribution in [0.15, 0.2) is 30.5 Å². The van der Waals surface area contributed by atoms with Gasteiger partial charge in [-0.15, -0.1) is 0 Å². The number of para-hydroxylation sites is 1. The Bertz CT molecular complexity index is 676. The molecular formula is C15H15N3O2. The van der Waals surface area contributed by atoms with Crippen LogP contribution in [0.25, 0.3) is 10.9 Å². The average Bonchev–Trinajstić information content (AvgIpc) is 2.45. The van der Waals surface area contributed by atoms with Gasteiger partial charge in [-0.1, -0.05) is 18.2 Å². The summed E-state index contributed by atoms with van der Waals surface area (Å²) >= 11 is 0. The average molecular weight is 269 g/mol. The molecule has 0 aliphatic carbocycles. The second-order valence-corrected chi connectivity index (χ2v) is 4.65. The summed E-state index contributed by atoms with van der Waals surface area (Å²) in [5, 5.41) is 22.0. The van der Waals surface area contributed by atoms with E-state index in [2.05, 4.69) is 16.4 Å². The van der Waals surface area contributed by atoms with Gasteiger partial charge in [-0.2, -0.15) is 5.26 Å². The van der Waals surface area contributed by atoms with Crippen LogP contribution in [0, 0.1) is 11.3 Å². The highest BCUT2D eigenvalue weighted by Crippen LogP contribution is 2.26. The van der Waals surface area contributed by atoms with Crippen molar-refractivity contribution in [3.05, 3.63) is 36.0 Å². The summed E-state index contributed by atoms with van der Waals surface area (Å²) in [5.74, 6) is -0.821. The van der Waals surface area contributed by atoms with E-state index in [1.54, 1.807) is 0 Å². The molecule has 102 valence electrons. The van der Waals surface area contributed by atoms with Gasteiger partial charge >= 0.3 is 5.97 Å². The first kappa shape index (κ1) is 13.8. The van der Waals surface area contributed by atoms with E-state index in [0.29, 0.717) is 12.0 Å². The quantitative estimate of drug-likeness (QED) is 0.871. The summed E-state index contributed by atoms with van der Waals surface area (Å²) in [6.45, 7) is 1.90. The Morgan fingerprint density at radius 3 is 2.95 bits per heavy atom. The maximum absolute atomic E-state index is 10.6. The number of nitrogens with one attached hydrogen (secondary N) is 1. The van der Waals surface area contributed by atoms with Gasteiger partial charge in [0.05, 0.1) is 16.8 Å². The summed E-state index contributed by atoms with van der Waals surface area (Å²) in [7, 11) is 0. The monoisotopic (exact) mass is 269 g/mol. The fourth-order valence-corrected chi connectivity index (χ4v) is 2.04. The zero-order valence-corrected chi connectivity index (χ0v) is 11.1. The first-order chi connectivity index (χ1) is 9.61. The number of nitrogens with zero attached hydrogens (tertiary/aromatic N) is 2. The zero-order valence-electron chi connectivity index (χ0n) is 11.1. The van der Waals surface area contributed by atoms with Gasteiger partial charge < -0.3 is 10.4 Å². The van der Waals surface area contributed by atoms with E-state index in [1.807, 2.05) is 31.2 Å². The van der Waals surface area contributed by atoms with Crippen LogP contribution in [0.3, 0.4) is 0 Å². The molecular weight excluding hydrogens is 254 g/mol. The number of rotatable bonds is 5. The third-order valence-corrected chi connectivity index (χ3v) is 3.08. The lowest BCUT2D eigenvalue weighted by Crippen LogP contribution is -2.17. The normalized spacial score (nSPS) is 11.8. The second kappa shape index (κ2) is 6.02. The smallest absolute Gasteiger partial charge is 0.303 e. The van der Waals surface area contributed by atoms with Crippen LogP contribution in [-0.4, -0.2) is 22.1 Å². The number of pyridine rings is 1. The highest BCUT2D eigenvalue weighted by atomic mass is 16.4. The molecule has 2 aromatic rings. The van der Waals surface area contributed by atoms with E-state index >= 15 is 0 Å². The first-order valence-electron chi connectivity index (χ1n) is 6.38. The minimum atomic E-state index is -0.821. The fourth-order valence-electron chi connectivity index (χ4n) is 2.04. The molecule has 1 aromatic carbocycles. The number of fused-ring (bicyclic) bond motifs is 1. The van der Waals surface area contributed by atoms with E-state index in [1.165, 1.54) is 6.20 Å². The summed E-state index contributed by atoms with van der Waals surface area (Å²) < 4.78 is 0. The molecule has 1 unspecified atom stereocenters. The van der Waals surface area contributed by atoms with E-state index in [4.69, 9.17) is 5.11 Å². The predicted molar refractivity (Wildman–Crippen MR) is 76.4 cm³/mol. The molecule has 20 heavy (non-hydrogen) atoms. The molecule has 2 rings (SSSR count). The Kier molecular flexibility index (Phi) is 4.16. The Morgan fingerprint density at radius 1 is 1.50 bits per heavy atom. The van der Waals surface area contributed by atoms with E-state index < -0.39 is 5.97 Å². The number of hydrogen-bond acceptors (Lipinski definition) is 4. The van der Waals surface area contributed by atoms with Crippen molar-refractivity contribution in [2.75, 3.05) is 5.32 Å². The molecule has 1 aromatic heterocycles. The first-order valence-corrected chi connectivity index (χ1v) is 6.38. The number of carboxylic acid groups (broad SMARTS) is 1. The van der Waals surface area contributed by atoms with Gasteiger partial charge in [-0.05, 0) is 19.4 Å². The lowest BCUT2D eigenvalue weighted by molar-refractivity contribution is -0.137. The molecule has 5 nitrogen and oxygen atoms in total. The number of anilines is 1. The third-order valence-electron chi connectivity index (χ3n) is 3.08.